The topological polar surface area (TPSA) is 41.1 Å². The number of hydrogen-bond acceptors (Lipinski definition) is 3. The van der Waals surface area contributed by atoms with Crippen molar-refractivity contribution in [1.29, 1.82) is 0 Å². The minimum absolute atomic E-state index is 0.131. The van der Waals surface area contributed by atoms with Crippen LogP contribution < -0.4 is 10.6 Å². The lowest BCUT2D eigenvalue weighted by Crippen LogP contribution is -2.35. The Bertz CT molecular complexity index is 388. The third-order valence-electron chi connectivity index (χ3n) is 3.22. The third kappa shape index (κ3) is 4.59. The van der Waals surface area contributed by atoms with Crippen LogP contribution in [0.3, 0.4) is 0 Å². The van der Waals surface area contributed by atoms with Gasteiger partial charge in [0.1, 0.15) is 0 Å². The van der Waals surface area contributed by atoms with Gasteiger partial charge in [0.2, 0.25) is 5.91 Å². The molecule has 1 aromatic rings. The van der Waals surface area contributed by atoms with E-state index < -0.39 is 0 Å². The predicted octanol–water partition coefficient (Wildman–Crippen LogP) is 2.94. The molecule has 0 aromatic carbocycles. The maximum Gasteiger partial charge on any atom is 0.220 e. The van der Waals surface area contributed by atoms with Crippen molar-refractivity contribution in [2.24, 2.45) is 0 Å². The molecule has 1 unspecified atom stereocenters. The molecule has 2 rings (SSSR count). The van der Waals surface area contributed by atoms with Crippen LogP contribution in [-0.4, -0.2) is 18.5 Å². The molecule has 1 amide bonds. The number of thiophene rings is 1. The number of halogens is 1. The Labute approximate surface area is 117 Å². The first kappa shape index (κ1) is 13.8. The van der Waals surface area contributed by atoms with Gasteiger partial charge in [-0.05, 0) is 37.9 Å². The highest BCUT2D eigenvalue weighted by molar-refractivity contribution is 7.16. The van der Waals surface area contributed by atoms with E-state index in [1.165, 1.54) is 30.6 Å². The molecule has 1 saturated heterocycles. The Hall–Kier alpha value is -0.580. The van der Waals surface area contributed by atoms with Crippen LogP contribution in [0.15, 0.2) is 12.1 Å². The van der Waals surface area contributed by atoms with E-state index >= 15 is 0 Å². The van der Waals surface area contributed by atoms with Crippen molar-refractivity contribution in [3.63, 3.8) is 0 Å². The highest BCUT2D eigenvalue weighted by atomic mass is 35.5. The van der Waals surface area contributed by atoms with Gasteiger partial charge in [0, 0.05) is 17.3 Å². The van der Waals surface area contributed by atoms with Gasteiger partial charge >= 0.3 is 0 Å². The normalized spacial score (nSPS) is 19.7. The van der Waals surface area contributed by atoms with E-state index in [2.05, 4.69) is 10.6 Å². The lowest BCUT2D eigenvalue weighted by atomic mass is 10.0. The molecule has 1 atom stereocenters. The molecular weight excluding hydrogens is 268 g/mol. The molecule has 5 heteroatoms. The van der Waals surface area contributed by atoms with Crippen molar-refractivity contribution in [3.05, 3.63) is 21.3 Å². The molecule has 0 aliphatic carbocycles. The summed E-state index contributed by atoms with van der Waals surface area (Å²) in [5, 5.41) is 6.39. The third-order valence-corrected chi connectivity index (χ3v) is 4.45. The number of rotatable bonds is 5. The Kier molecular flexibility index (Phi) is 5.47. The largest absolute Gasteiger partial charge is 0.351 e. The van der Waals surface area contributed by atoms with Crippen LogP contribution in [0.25, 0.3) is 0 Å². The molecule has 100 valence electrons. The first-order valence-electron chi connectivity index (χ1n) is 6.48. The van der Waals surface area contributed by atoms with Gasteiger partial charge in [0.05, 0.1) is 10.9 Å². The van der Waals surface area contributed by atoms with Gasteiger partial charge in [-0.15, -0.1) is 11.3 Å². The van der Waals surface area contributed by atoms with Gasteiger partial charge in [-0.2, -0.15) is 0 Å². The van der Waals surface area contributed by atoms with Gasteiger partial charge in [0.25, 0.3) is 0 Å². The summed E-state index contributed by atoms with van der Waals surface area (Å²) < 4.78 is 0.769. The van der Waals surface area contributed by atoms with Crippen LogP contribution in [0.4, 0.5) is 0 Å². The molecule has 1 aliphatic rings. The highest BCUT2D eigenvalue weighted by Gasteiger charge is 2.13. The van der Waals surface area contributed by atoms with Gasteiger partial charge in [-0.25, -0.2) is 0 Å². The lowest BCUT2D eigenvalue weighted by molar-refractivity contribution is -0.121. The minimum atomic E-state index is 0.131. The van der Waals surface area contributed by atoms with Crippen molar-refractivity contribution in [2.45, 2.75) is 44.7 Å². The van der Waals surface area contributed by atoms with Crippen LogP contribution in [0, 0.1) is 0 Å². The summed E-state index contributed by atoms with van der Waals surface area (Å²) in [6.45, 7) is 1.69. The van der Waals surface area contributed by atoms with Crippen LogP contribution in [0.1, 0.15) is 37.0 Å². The van der Waals surface area contributed by atoms with Crippen molar-refractivity contribution in [3.8, 4) is 0 Å². The number of hydrogen-bond donors (Lipinski definition) is 2. The second kappa shape index (κ2) is 7.12. The first-order valence-corrected chi connectivity index (χ1v) is 7.68. The molecule has 1 aromatic heterocycles. The van der Waals surface area contributed by atoms with Gasteiger partial charge in [0.15, 0.2) is 0 Å². The summed E-state index contributed by atoms with van der Waals surface area (Å²) in [5.41, 5.74) is 0. The fourth-order valence-electron chi connectivity index (χ4n) is 2.20. The summed E-state index contributed by atoms with van der Waals surface area (Å²) in [4.78, 5) is 12.8. The minimum Gasteiger partial charge on any atom is -0.351 e. The first-order chi connectivity index (χ1) is 8.74. The standard InChI is InChI=1S/C13H19ClN2OS/c14-12-6-5-11(18-12)9-16-13(17)7-4-10-3-1-2-8-15-10/h5-6,10,15H,1-4,7-9H2,(H,16,17). The maximum absolute atomic E-state index is 11.7. The molecule has 0 radical (unpaired) electrons. The van der Waals surface area contributed by atoms with Crippen LogP contribution in [0.5, 0.6) is 0 Å². The molecule has 0 spiro atoms. The Morgan fingerprint density at radius 1 is 1.50 bits per heavy atom. The Balaban J connectivity index is 1.62. The molecule has 1 aliphatic heterocycles. The van der Waals surface area contributed by atoms with E-state index in [9.17, 15) is 4.79 Å². The zero-order valence-electron chi connectivity index (χ0n) is 10.4. The number of nitrogens with one attached hydrogen (secondary N) is 2. The smallest absolute Gasteiger partial charge is 0.220 e. The number of piperidine rings is 1. The average Bonchev–Trinajstić information content (AvgIpc) is 2.81. The molecule has 1 fully saturated rings. The molecule has 2 heterocycles. The molecular formula is C13H19ClN2OS. The summed E-state index contributed by atoms with van der Waals surface area (Å²) in [6, 6.07) is 4.34. The van der Waals surface area contributed by atoms with Crippen LogP contribution in [0.2, 0.25) is 4.34 Å². The van der Waals surface area contributed by atoms with Crippen molar-refractivity contribution in [2.75, 3.05) is 6.54 Å². The predicted molar refractivity (Wildman–Crippen MR) is 76.1 cm³/mol. The van der Waals surface area contributed by atoms with Gasteiger partial charge in [-0.1, -0.05) is 18.0 Å². The molecule has 2 N–H and O–H groups in total. The Morgan fingerprint density at radius 2 is 2.39 bits per heavy atom. The zero-order valence-corrected chi connectivity index (χ0v) is 11.9. The van der Waals surface area contributed by atoms with E-state index in [1.54, 1.807) is 0 Å². The Morgan fingerprint density at radius 3 is 3.06 bits per heavy atom. The van der Waals surface area contributed by atoms with E-state index in [0.29, 0.717) is 19.0 Å². The highest BCUT2D eigenvalue weighted by Crippen LogP contribution is 2.21. The maximum atomic E-state index is 11.7. The summed E-state index contributed by atoms with van der Waals surface area (Å²) in [7, 11) is 0. The van der Waals surface area contributed by atoms with E-state index in [0.717, 1.165) is 22.2 Å². The number of amides is 1. The van der Waals surface area contributed by atoms with Crippen molar-refractivity contribution >= 4 is 28.8 Å². The fourth-order valence-corrected chi connectivity index (χ4v) is 3.22. The summed E-state index contributed by atoms with van der Waals surface area (Å²) in [6.07, 6.45) is 5.30. The van der Waals surface area contributed by atoms with Crippen molar-refractivity contribution in [1.82, 2.24) is 10.6 Å². The molecule has 0 saturated carbocycles. The van der Waals surface area contributed by atoms with E-state index in [-0.39, 0.29) is 5.91 Å². The SMILES string of the molecule is O=C(CCC1CCCCN1)NCc1ccc(Cl)s1. The second-order valence-corrected chi connectivity index (χ2v) is 6.47. The van der Waals surface area contributed by atoms with Gasteiger partial charge < -0.3 is 10.6 Å². The van der Waals surface area contributed by atoms with Crippen LogP contribution in [-0.2, 0) is 11.3 Å². The number of carbonyl (C=O) groups is 1. The van der Waals surface area contributed by atoms with Crippen molar-refractivity contribution < 1.29 is 4.79 Å². The number of carbonyl (C=O) groups excluding carboxylic acids is 1. The zero-order chi connectivity index (χ0) is 12.8. The summed E-state index contributed by atoms with van der Waals surface area (Å²) >= 11 is 7.35. The fraction of sp³-hybridized carbons (Fsp3) is 0.615. The van der Waals surface area contributed by atoms with E-state index in [4.69, 9.17) is 11.6 Å². The van der Waals surface area contributed by atoms with Gasteiger partial charge in [-0.3, -0.25) is 4.79 Å². The lowest BCUT2D eigenvalue weighted by Gasteiger charge is -2.22. The van der Waals surface area contributed by atoms with Crippen LogP contribution >= 0.6 is 22.9 Å². The monoisotopic (exact) mass is 286 g/mol. The van der Waals surface area contributed by atoms with E-state index in [1.807, 2.05) is 12.1 Å². The quantitative estimate of drug-likeness (QED) is 0.874. The second-order valence-electron chi connectivity index (χ2n) is 4.67. The average molecular weight is 287 g/mol. The summed E-state index contributed by atoms with van der Waals surface area (Å²) in [5.74, 6) is 0.131. The molecule has 0 bridgehead atoms. The molecule has 3 nitrogen and oxygen atoms in total. The molecule has 18 heavy (non-hydrogen) atoms.